The molecule has 4 rings (SSSR count). The number of hydrogen-bond donors (Lipinski definition) is 4. The Balaban J connectivity index is 1.45. The van der Waals surface area contributed by atoms with Crippen LogP contribution in [-0.2, 0) is 19.2 Å². The molecule has 0 radical (unpaired) electrons. The fraction of sp³-hybridized carbons (Fsp3) is 0.476. The monoisotopic (exact) mass is 568 g/mol. The second-order valence-electron chi connectivity index (χ2n) is 8.99. The molecule has 0 unspecified atom stereocenters. The SMILES string of the molecule is C[N+]1(C/C=C/C2=C(C(=O)O)N3C(=O)[C@@H](NC(=O)/C(=N\OCF)c4nsc(N)n4)[C@H]3SC2)CCN(C=N)CC1. The smallest absolute Gasteiger partial charge is 0.352 e. The molecule has 3 aliphatic rings. The molecule has 3 aliphatic heterocycles. The lowest BCUT2D eigenvalue weighted by atomic mass is 10.0. The fourth-order valence-electron chi connectivity index (χ4n) is 4.31. The molecule has 1 aromatic rings. The van der Waals surface area contributed by atoms with Gasteiger partial charge < -0.3 is 30.4 Å². The zero-order valence-electron chi connectivity index (χ0n) is 20.4. The number of carbonyl (C=O) groups is 3. The van der Waals surface area contributed by atoms with Crippen LogP contribution in [0.15, 0.2) is 28.6 Å². The molecule has 204 valence electrons. The van der Waals surface area contributed by atoms with Crippen LogP contribution in [0.1, 0.15) is 5.82 Å². The zero-order valence-corrected chi connectivity index (χ0v) is 22.0. The van der Waals surface area contributed by atoms with E-state index >= 15 is 0 Å². The van der Waals surface area contributed by atoms with Crippen LogP contribution >= 0.6 is 23.3 Å². The van der Waals surface area contributed by atoms with E-state index in [0.29, 0.717) is 17.9 Å². The van der Waals surface area contributed by atoms with Crippen molar-refractivity contribution in [2.24, 2.45) is 5.16 Å². The molecule has 38 heavy (non-hydrogen) atoms. The molecule has 0 aromatic carbocycles. The first kappa shape index (κ1) is 27.5. The summed E-state index contributed by atoms with van der Waals surface area (Å²) >= 11 is 2.11. The van der Waals surface area contributed by atoms with Gasteiger partial charge in [-0.05, 0) is 11.6 Å². The number of hydrogen-bond acceptors (Lipinski definition) is 11. The van der Waals surface area contributed by atoms with E-state index in [2.05, 4.69) is 31.7 Å². The first-order chi connectivity index (χ1) is 18.2. The van der Waals surface area contributed by atoms with Crippen LogP contribution < -0.4 is 11.1 Å². The van der Waals surface area contributed by atoms with Crippen molar-refractivity contribution in [3.8, 4) is 0 Å². The summed E-state index contributed by atoms with van der Waals surface area (Å²) in [4.78, 5) is 49.2. The molecule has 14 nitrogen and oxygen atoms in total. The first-order valence-corrected chi connectivity index (χ1v) is 13.3. The number of amides is 2. The molecule has 2 atom stereocenters. The molecule has 0 spiro atoms. The Morgan fingerprint density at radius 1 is 1.42 bits per heavy atom. The third-order valence-electron chi connectivity index (χ3n) is 6.46. The van der Waals surface area contributed by atoms with Crippen molar-refractivity contribution in [1.29, 1.82) is 5.41 Å². The summed E-state index contributed by atoms with van der Waals surface area (Å²) in [5.74, 6) is -2.60. The van der Waals surface area contributed by atoms with E-state index in [-0.39, 0.29) is 16.7 Å². The van der Waals surface area contributed by atoms with Gasteiger partial charge in [-0.2, -0.15) is 9.36 Å². The number of β-lactam (4-membered cyclic amide) rings is 1. The standard InChI is InChI=1S/C21H26FN9O5S2/c1-31(7-4-29(11-23)5-8-31)6-2-3-12-9-37-19-14(18(33)30(19)15(12)20(34)35)25-17(32)13(27-36-10-22)16-26-21(24)38-28-16/h2-3,11,14,19,23H,4-10H2,1H3,(H3-,24,25,26,28,32,34,35)/p+1/b3-2+,23-11?,27-13-/t14-,19-/m1/s1. The third kappa shape index (κ3) is 5.63. The Bertz CT molecular complexity index is 1210. The highest BCUT2D eigenvalue weighted by Crippen LogP contribution is 2.40. The van der Waals surface area contributed by atoms with Crippen LogP contribution in [0, 0.1) is 5.41 Å². The van der Waals surface area contributed by atoms with Gasteiger partial charge in [0, 0.05) is 17.3 Å². The Morgan fingerprint density at radius 2 is 2.16 bits per heavy atom. The van der Waals surface area contributed by atoms with Gasteiger partial charge in [0.15, 0.2) is 5.13 Å². The highest BCUT2D eigenvalue weighted by atomic mass is 32.2. The number of nitrogen functional groups attached to an aromatic ring is 1. The number of aliphatic carboxylic acids is 1. The van der Waals surface area contributed by atoms with E-state index in [0.717, 1.165) is 47.1 Å². The summed E-state index contributed by atoms with van der Waals surface area (Å²) < 4.78 is 17.1. The van der Waals surface area contributed by atoms with Gasteiger partial charge in [0.2, 0.25) is 11.5 Å². The topological polar surface area (TPSA) is 187 Å². The molecular weight excluding hydrogens is 541 g/mol. The lowest BCUT2D eigenvalue weighted by Crippen LogP contribution is -2.71. The molecule has 17 heteroatoms. The number of thioether (sulfide) groups is 1. The summed E-state index contributed by atoms with van der Waals surface area (Å²) in [5, 5.41) is 22.6. The lowest BCUT2D eigenvalue weighted by molar-refractivity contribution is -0.907. The number of anilines is 1. The van der Waals surface area contributed by atoms with Crippen LogP contribution in [0.4, 0.5) is 9.52 Å². The molecule has 0 bridgehead atoms. The van der Waals surface area contributed by atoms with Gasteiger partial charge in [0.05, 0.1) is 46.1 Å². The quantitative estimate of drug-likeness (QED) is 0.0936. The second-order valence-corrected chi connectivity index (χ2v) is 10.9. The number of piperazine rings is 1. The number of carboxylic acids is 1. The number of oxime groups is 1. The van der Waals surface area contributed by atoms with Crippen molar-refractivity contribution in [3.63, 3.8) is 0 Å². The minimum Gasteiger partial charge on any atom is -0.477 e. The number of nitrogens with two attached hydrogens (primary N) is 1. The Hall–Kier alpha value is -3.57. The third-order valence-corrected chi connectivity index (χ3v) is 8.31. The molecule has 4 heterocycles. The summed E-state index contributed by atoms with van der Waals surface area (Å²) in [6.45, 7) is 2.66. The molecule has 0 aliphatic carbocycles. The number of nitrogens with one attached hydrogen (secondary N) is 2. The molecule has 0 saturated carbocycles. The average Bonchev–Trinajstić information content (AvgIpc) is 3.33. The van der Waals surface area contributed by atoms with E-state index in [1.54, 1.807) is 6.08 Å². The number of rotatable bonds is 10. The lowest BCUT2D eigenvalue weighted by Gasteiger charge is -2.49. The van der Waals surface area contributed by atoms with Crippen LogP contribution in [0.3, 0.4) is 0 Å². The van der Waals surface area contributed by atoms with Gasteiger partial charge in [0.1, 0.15) is 17.1 Å². The number of nitrogens with zero attached hydrogens (tertiary/aromatic N) is 6. The maximum atomic E-state index is 13.0. The molecule has 2 fully saturated rings. The van der Waals surface area contributed by atoms with Crippen LogP contribution in [0.5, 0.6) is 0 Å². The summed E-state index contributed by atoms with van der Waals surface area (Å²) in [7, 11) is 2.11. The molecule has 1 aromatic heterocycles. The maximum Gasteiger partial charge on any atom is 0.352 e. The van der Waals surface area contributed by atoms with Crippen LogP contribution in [0.25, 0.3) is 0 Å². The number of quaternary nitrogens is 1. The number of carboxylic acid groups (broad SMARTS) is 1. The van der Waals surface area contributed by atoms with Crippen molar-refractivity contribution in [3.05, 3.63) is 29.2 Å². The van der Waals surface area contributed by atoms with E-state index in [1.807, 2.05) is 11.0 Å². The number of halogens is 1. The van der Waals surface area contributed by atoms with Crippen molar-refractivity contribution >= 4 is 58.3 Å². The molecular formula is C21H27FN9O5S2+. The van der Waals surface area contributed by atoms with Crippen molar-refractivity contribution in [1.82, 2.24) is 24.5 Å². The Labute approximate surface area is 225 Å². The van der Waals surface area contributed by atoms with Gasteiger partial charge in [-0.25, -0.2) is 9.18 Å². The normalized spacial score (nSPS) is 23.2. The first-order valence-electron chi connectivity index (χ1n) is 11.5. The van der Waals surface area contributed by atoms with E-state index < -0.39 is 41.8 Å². The highest BCUT2D eigenvalue weighted by molar-refractivity contribution is 8.00. The summed E-state index contributed by atoms with van der Waals surface area (Å²) in [5.41, 5.74) is 5.47. The molecule has 2 saturated heterocycles. The number of likely N-dealkylation sites (N-methyl/N-ethyl adjacent to an activating group) is 1. The van der Waals surface area contributed by atoms with Crippen molar-refractivity contribution < 1.29 is 33.2 Å². The minimum atomic E-state index is -1.30. The number of aromatic nitrogens is 2. The van der Waals surface area contributed by atoms with E-state index in [9.17, 15) is 23.9 Å². The molecule has 2 amide bonds. The van der Waals surface area contributed by atoms with Gasteiger partial charge in [-0.3, -0.25) is 19.9 Å². The predicted molar refractivity (Wildman–Crippen MR) is 138 cm³/mol. The highest BCUT2D eigenvalue weighted by Gasteiger charge is 2.54. The number of carbonyl (C=O) groups excluding carboxylic acids is 2. The van der Waals surface area contributed by atoms with Crippen LogP contribution in [-0.4, -0.2) is 122 Å². The van der Waals surface area contributed by atoms with Gasteiger partial charge in [-0.1, -0.05) is 11.2 Å². The van der Waals surface area contributed by atoms with Gasteiger partial charge in [-0.15, -0.1) is 11.8 Å². The van der Waals surface area contributed by atoms with Gasteiger partial charge in [0.25, 0.3) is 18.7 Å². The summed E-state index contributed by atoms with van der Waals surface area (Å²) in [6, 6.07) is -1.03. The Kier molecular flexibility index (Phi) is 8.27. The van der Waals surface area contributed by atoms with Crippen LogP contribution in [0.2, 0.25) is 0 Å². The van der Waals surface area contributed by atoms with Crippen molar-refractivity contribution in [2.45, 2.75) is 11.4 Å². The van der Waals surface area contributed by atoms with E-state index in [4.69, 9.17) is 11.1 Å². The minimum absolute atomic E-state index is 0.0518. The maximum absolute atomic E-state index is 13.0. The second kappa shape index (κ2) is 11.4. The van der Waals surface area contributed by atoms with E-state index in [1.165, 1.54) is 18.1 Å². The largest absolute Gasteiger partial charge is 0.477 e. The number of allylic oxidation sites excluding steroid dienone is 1. The summed E-state index contributed by atoms with van der Waals surface area (Å²) in [6.07, 6.45) is 5.01. The number of alkyl halides is 1. The van der Waals surface area contributed by atoms with Gasteiger partial charge >= 0.3 is 5.97 Å². The fourth-order valence-corrected chi connectivity index (χ4v) is 6.06. The van der Waals surface area contributed by atoms with Crippen molar-refractivity contribution in [2.75, 3.05) is 58.1 Å². The average molecular weight is 569 g/mol. The molecule has 5 N–H and O–H groups in total. The predicted octanol–water partition coefficient (Wildman–Crippen LogP) is -0.568. The number of fused-ring (bicyclic) bond motifs is 1. The zero-order chi connectivity index (χ0) is 27.4. The Morgan fingerprint density at radius 3 is 2.76 bits per heavy atom.